The molecule has 0 bridgehead atoms. The van der Waals surface area contributed by atoms with E-state index < -0.39 is 25.7 Å². The van der Waals surface area contributed by atoms with Crippen LogP contribution in [0.15, 0.2) is 36.0 Å². The standard InChI is InChI=1S/C26H38N2O5Si/c1-26(2,3)33-25(30)27-13-11-21(22(17-27)24(29)31-4)20-9-8-19-10-12-28(23(19)16-20)18-32-14-15-34(5,6)7/h8-10,12,16H,11,13-15,17-18H2,1-7H3. The van der Waals surface area contributed by atoms with E-state index in [0.29, 0.717) is 25.3 Å². The SMILES string of the molecule is COC(=O)C1=C(c2ccc3ccn(COCC[Si](C)(C)C)c3c2)CCN(C(=O)OC(C)(C)C)C1. The van der Waals surface area contributed by atoms with Crippen molar-refractivity contribution in [2.75, 3.05) is 26.8 Å². The average Bonchev–Trinajstić information content (AvgIpc) is 3.16. The molecule has 1 amide bonds. The second-order valence-corrected chi connectivity index (χ2v) is 16.6. The van der Waals surface area contributed by atoms with E-state index in [2.05, 4.69) is 42.4 Å². The van der Waals surface area contributed by atoms with Crippen molar-refractivity contribution in [2.24, 2.45) is 0 Å². The van der Waals surface area contributed by atoms with Gasteiger partial charge in [-0.15, -0.1) is 0 Å². The molecule has 2 heterocycles. The van der Waals surface area contributed by atoms with Crippen LogP contribution in [0.2, 0.25) is 25.7 Å². The van der Waals surface area contributed by atoms with E-state index in [9.17, 15) is 9.59 Å². The fourth-order valence-electron chi connectivity index (χ4n) is 3.90. The van der Waals surface area contributed by atoms with Gasteiger partial charge in [-0.3, -0.25) is 0 Å². The Kier molecular flexibility index (Phi) is 7.93. The number of amides is 1. The Balaban J connectivity index is 1.85. The molecule has 8 heteroatoms. The summed E-state index contributed by atoms with van der Waals surface area (Å²) in [6, 6.07) is 9.38. The number of methoxy groups -OCH3 is 1. The summed E-state index contributed by atoms with van der Waals surface area (Å²) in [6.45, 7) is 14.4. The predicted octanol–water partition coefficient (Wildman–Crippen LogP) is 5.52. The number of carbonyl (C=O) groups is 2. The zero-order valence-electron chi connectivity index (χ0n) is 21.6. The highest BCUT2D eigenvalue weighted by molar-refractivity contribution is 6.76. The maximum Gasteiger partial charge on any atom is 0.410 e. The number of fused-ring (bicyclic) bond motifs is 1. The summed E-state index contributed by atoms with van der Waals surface area (Å²) in [6.07, 6.45) is 2.15. The Morgan fingerprint density at radius 1 is 1.12 bits per heavy atom. The molecule has 0 atom stereocenters. The van der Waals surface area contributed by atoms with Crippen LogP contribution in [-0.2, 0) is 25.7 Å². The average molecular weight is 487 g/mol. The van der Waals surface area contributed by atoms with Gasteiger partial charge in [0.2, 0.25) is 0 Å². The zero-order chi connectivity index (χ0) is 25.1. The van der Waals surface area contributed by atoms with E-state index in [1.807, 2.05) is 33.0 Å². The van der Waals surface area contributed by atoms with Crippen molar-refractivity contribution in [2.45, 2.75) is 65.2 Å². The van der Waals surface area contributed by atoms with Crippen LogP contribution in [0.25, 0.3) is 16.5 Å². The van der Waals surface area contributed by atoms with Crippen LogP contribution in [-0.4, -0.2) is 62.0 Å². The van der Waals surface area contributed by atoms with Crippen LogP contribution in [0.1, 0.15) is 32.8 Å². The fraction of sp³-hybridized carbons (Fsp3) is 0.538. The van der Waals surface area contributed by atoms with Gasteiger partial charge >= 0.3 is 12.1 Å². The number of carbonyl (C=O) groups excluding carboxylic acids is 2. The minimum Gasteiger partial charge on any atom is -0.466 e. The number of esters is 1. The topological polar surface area (TPSA) is 70.0 Å². The quantitative estimate of drug-likeness (QED) is 0.293. The van der Waals surface area contributed by atoms with Crippen molar-refractivity contribution in [3.63, 3.8) is 0 Å². The minimum atomic E-state index is -1.13. The van der Waals surface area contributed by atoms with Crippen LogP contribution in [0.4, 0.5) is 4.79 Å². The molecule has 186 valence electrons. The summed E-state index contributed by atoms with van der Waals surface area (Å²) in [5.74, 6) is -0.423. The number of ether oxygens (including phenoxy) is 3. The van der Waals surface area contributed by atoms with E-state index >= 15 is 0 Å². The van der Waals surface area contributed by atoms with E-state index in [4.69, 9.17) is 14.2 Å². The molecule has 1 aliphatic rings. The van der Waals surface area contributed by atoms with Crippen molar-refractivity contribution in [3.05, 3.63) is 41.6 Å². The summed E-state index contributed by atoms with van der Waals surface area (Å²) in [5.41, 5.74) is 2.81. The molecular weight excluding hydrogens is 448 g/mol. The van der Waals surface area contributed by atoms with E-state index in [0.717, 1.165) is 34.7 Å². The lowest BCUT2D eigenvalue weighted by Gasteiger charge is -2.32. The highest BCUT2D eigenvalue weighted by Gasteiger charge is 2.30. The molecule has 2 aromatic rings. The van der Waals surface area contributed by atoms with Crippen molar-refractivity contribution < 1.29 is 23.8 Å². The molecule has 0 saturated carbocycles. The third-order valence-electron chi connectivity index (χ3n) is 5.78. The maximum atomic E-state index is 12.7. The summed E-state index contributed by atoms with van der Waals surface area (Å²) < 4.78 is 18.6. The lowest BCUT2D eigenvalue weighted by molar-refractivity contribution is -0.136. The third kappa shape index (κ3) is 6.73. The smallest absolute Gasteiger partial charge is 0.410 e. The molecule has 0 unspecified atom stereocenters. The maximum absolute atomic E-state index is 12.7. The second-order valence-electron chi connectivity index (χ2n) is 11.0. The molecule has 7 nitrogen and oxygen atoms in total. The van der Waals surface area contributed by atoms with Gasteiger partial charge in [0, 0.05) is 27.4 Å². The van der Waals surface area contributed by atoms with Crippen LogP contribution < -0.4 is 0 Å². The first kappa shape index (κ1) is 26.0. The van der Waals surface area contributed by atoms with Gasteiger partial charge in [0.1, 0.15) is 12.3 Å². The first-order valence-electron chi connectivity index (χ1n) is 11.8. The molecular formula is C26H38N2O5Si. The monoisotopic (exact) mass is 486 g/mol. The van der Waals surface area contributed by atoms with Gasteiger partial charge in [-0.05, 0) is 61.9 Å². The second kappa shape index (κ2) is 10.4. The van der Waals surface area contributed by atoms with Crippen LogP contribution in [0, 0.1) is 0 Å². The van der Waals surface area contributed by atoms with Gasteiger partial charge in [-0.25, -0.2) is 9.59 Å². The Bertz CT molecular complexity index is 1080. The highest BCUT2D eigenvalue weighted by atomic mass is 28.3. The highest BCUT2D eigenvalue weighted by Crippen LogP contribution is 2.31. The normalized spacial score (nSPS) is 15.1. The molecule has 0 fully saturated rings. The Morgan fingerprint density at radius 2 is 1.85 bits per heavy atom. The van der Waals surface area contributed by atoms with Gasteiger partial charge in [0.15, 0.2) is 0 Å². The lowest BCUT2D eigenvalue weighted by Crippen LogP contribution is -2.41. The van der Waals surface area contributed by atoms with Crippen LogP contribution in [0.5, 0.6) is 0 Å². The number of nitrogens with zero attached hydrogens (tertiary/aromatic N) is 2. The van der Waals surface area contributed by atoms with Gasteiger partial charge in [-0.1, -0.05) is 31.8 Å². The number of benzene rings is 1. The van der Waals surface area contributed by atoms with E-state index in [-0.39, 0.29) is 6.54 Å². The number of aromatic nitrogens is 1. The summed E-state index contributed by atoms with van der Waals surface area (Å²) >= 11 is 0. The van der Waals surface area contributed by atoms with Crippen LogP contribution in [0.3, 0.4) is 0 Å². The summed E-state index contributed by atoms with van der Waals surface area (Å²) in [4.78, 5) is 26.8. The van der Waals surface area contributed by atoms with Crippen molar-refractivity contribution in [1.29, 1.82) is 0 Å². The summed E-state index contributed by atoms with van der Waals surface area (Å²) in [7, 11) is 0.232. The Hall–Kier alpha value is -2.58. The van der Waals surface area contributed by atoms with Gasteiger partial charge in [0.25, 0.3) is 0 Å². The molecule has 0 saturated heterocycles. The van der Waals surface area contributed by atoms with Gasteiger partial charge in [0.05, 0.1) is 24.7 Å². The molecule has 1 aromatic heterocycles. The molecule has 1 aromatic carbocycles. The van der Waals surface area contributed by atoms with Crippen molar-refractivity contribution >= 4 is 36.6 Å². The first-order valence-corrected chi connectivity index (χ1v) is 15.5. The molecule has 0 aliphatic carbocycles. The van der Waals surface area contributed by atoms with E-state index in [1.165, 1.54) is 7.11 Å². The number of rotatable bonds is 7. The predicted molar refractivity (Wildman–Crippen MR) is 137 cm³/mol. The molecule has 0 radical (unpaired) electrons. The van der Waals surface area contributed by atoms with Crippen molar-refractivity contribution in [3.8, 4) is 0 Å². The number of hydrogen-bond donors (Lipinski definition) is 0. The van der Waals surface area contributed by atoms with Gasteiger partial charge < -0.3 is 23.7 Å². The molecule has 0 spiro atoms. The Morgan fingerprint density at radius 3 is 2.50 bits per heavy atom. The zero-order valence-corrected chi connectivity index (χ0v) is 22.6. The fourth-order valence-corrected chi connectivity index (χ4v) is 4.66. The largest absolute Gasteiger partial charge is 0.466 e. The third-order valence-corrected chi connectivity index (χ3v) is 7.48. The molecule has 1 aliphatic heterocycles. The molecule has 0 N–H and O–H groups in total. The van der Waals surface area contributed by atoms with E-state index in [1.54, 1.807) is 4.90 Å². The lowest BCUT2D eigenvalue weighted by atomic mass is 9.93. The van der Waals surface area contributed by atoms with Crippen LogP contribution >= 0.6 is 0 Å². The van der Waals surface area contributed by atoms with Crippen molar-refractivity contribution in [1.82, 2.24) is 9.47 Å². The minimum absolute atomic E-state index is 0.162. The van der Waals surface area contributed by atoms with Gasteiger partial charge in [-0.2, -0.15) is 0 Å². The number of hydrogen-bond acceptors (Lipinski definition) is 5. The Labute approximate surface area is 203 Å². The molecule has 3 rings (SSSR count). The first-order chi connectivity index (χ1) is 15.9. The summed E-state index contributed by atoms with van der Waals surface area (Å²) in [5, 5.41) is 1.11. The molecule has 34 heavy (non-hydrogen) atoms.